The lowest BCUT2D eigenvalue weighted by Crippen LogP contribution is -2.28. The molecule has 0 radical (unpaired) electrons. The third-order valence-corrected chi connectivity index (χ3v) is 5.45. The van der Waals surface area contributed by atoms with Crippen LogP contribution in [0.15, 0.2) is 57.8 Å². The zero-order valence-corrected chi connectivity index (χ0v) is 20.0. The fourth-order valence-corrected chi connectivity index (χ4v) is 3.70. The Morgan fingerprint density at radius 1 is 1.15 bits per heavy atom. The van der Waals surface area contributed by atoms with Crippen LogP contribution in [0.5, 0.6) is 0 Å². The van der Waals surface area contributed by atoms with Gasteiger partial charge < -0.3 is 15.6 Å². The molecule has 10 heteroatoms. The first-order valence-electron chi connectivity index (χ1n) is 10.7. The number of carbonyl (C=O) groups is 1. The van der Waals surface area contributed by atoms with Crippen LogP contribution in [-0.4, -0.2) is 20.7 Å². The van der Waals surface area contributed by atoms with Gasteiger partial charge in [-0.1, -0.05) is 49.7 Å². The number of hydrogen-bond donors (Lipinski definition) is 3. The van der Waals surface area contributed by atoms with Crippen molar-refractivity contribution in [3.63, 3.8) is 0 Å². The molecule has 0 saturated carbocycles. The molecular formula is C24H25ClN6O3. The first kappa shape index (κ1) is 23.5. The Bertz CT molecular complexity index is 1430. The minimum atomic E-state index is -0.528. The Morgan fingerprint density at radius 2 is 1.88 bits per heavy atom. The van der Waals surface area contributed by atoms with Gasteiger partial charge in [-0.05, 0) is 37.3 Å². The van der Waals surface area contributed by atoms with E-state index < -0.39 is 12.1 Å². The fourth-order valence-electron chi connectivity index (χ4n) is 3.45. The van der Waals surface area contributed by atoms with Crippen molar-refractivity contribution >= 4 is 40.0 Å². The molecule has 2 aromatic heterocycles. The highest BCUT2D eigenvalue weighted by molar-refractivity contribution is 6.35. The van der Waals surface area contributed by atoms with Crippen molar-refractivity contribution < 1.29 is 9.32 Å². The van der Waals surface area contributed by atoms with Gasteiger partial charge in [-0.15, -0.1) is 0 Å². The van der Waals surface area contributed by atoms with Crippen molar-refractivity contribution in [1.29, 1.82) is 0 Å². The van der Waals surface area contributed by atoms with E-state index in [9.17, 15) is 9.59 Å². The molecule has 0 saturated heterocycles. The van der Waals surface area contributed by atoms with Crippen molar-refractivity contribution in [2.24, 2.45) is 5.73 Å². The number of anilines is 2. The first-order valence-corrected chi connectivity index (χ1v) is 11.0. The summed E-state index contributed by atoms with van der Waals surface area (Å²) in [6.07, 6.45) is 0. The van der Waals surface area contributed by atoms with Gasteiger partial charge in [0.05, 0.1) is 27.7 Å². The molecule has 1 atom stereocenters. The van der Waals surface area contributed by atoms with Gasteiger partial charge in [-0.25, -0.2) is 9.78 Å². The Labute approximate surface area is 200 Å². The summed E-state index contributed by atoms with van der Waals surface area (Å²) in [7, 11) is 0. The average Bonchev–Trinajstić information content (AvgIpc) is 3.22. The van der Waals surface area contributed by atoms with Crippen LogP contribution in [0.3, 0.4) is 0 Å². The molecule has 9 nitrogen and oxygen atoms in total. The summed E-state index contributed by atoms with van der Waals surface area (Å²) < 4.78 is 6.70. The van der Waals surface area contributed by atoms with Crippen LogP contribution in [-0.2, 0) is 5.41 Å². The van der Waals surface area contributed by atoms with Crippen molar-refractivity contribution in [3.05, 3.63) is 75.5 Å². The van der Waals surface area contributed by atoms with E-state index in [1.54, 1.807) is 55.5 Å². The van der Waals surface area contributed by atoms with Crippen LogP contribution in [0.1, 0.15) is 45.3 Å². The lowest BCUT2D eigenvalue weighted by Gasteiger charge is -2.17. The van der Waals surface area contributed by atoms with Gasteiger partial charge in [0.1, 0.15) is 11.6 Å². The number of fused-ring (bicyclic) bond motifs is 1. The Morgan fingerprint density at radius 3 is 2.56 bits per heavy atom. The van der Waals surface area contributed by atoms with E-state index in [4.69, 9.17) is 21.9 Å². The monoisotopic (exact) mass is 480 g/mol. The number of nitrogens with zero attached hydrogens (tertiary/aromatic N) is 3. The molecule has 0 bridgehead atoms. The van der Waals surface area contributed by atoms with E-state index in [-0.39, 0.29) is 11.0 Å². The number of amides is 2. The second kappa shape index (κ2) is 8.92. The zero-order valence-electron chi connectivity index (χ0n) is 19.2. The van der Waals surface area contributed by atoms with Crippen LogP contribution >= 0.6 is 11.6 Å². The molecule has 34 heavy (non-hydrogen) atoms. The normalized spacial score (nSPS) is 12.5. The summed E-state index contributed by atoms with van der Waals surface area (Å²) in [5.41, 5.74) is 6.97. The van der Waals surface area contributed by atoms with Gasteiger partial charge in [0.2, 0.25) is 0 Å². The second-order valence-corrected chi connectivity index (χ2v) is 9.40. The smallest absolute Gasteiger partial charge is 0.324 e. The standard InChI is InChI=1S/C24H25ClN6O3/c1-13(26)21-28-17-10-6-9-16(25)20(17)22(32)31(21)15-8-5-7-14(11-15)27-23(33)29-19-12-18(34-30-19)24(2,3)4/h5-13H,26H2,1-4H3,(H2,27,29,30,33)/t13-/m0/s1. The molecule has 0 aliphatic carbocycles. The largest absolute Gasteiger partial charge is 0.359 e. The van der Waals surface area contributed by atoms with Gasteiger partial charge in [-0.2, -0.15) is 0 Å². The summed E-state index contributed by atoms with van der Waals surface area (Å²) in [5.74, 6) is 1.32. The molecular weight excluding hydrogens is 456 g/mol. The summed E-state index contributed by atoms with van der Waals surface area (Å²) in [6, 6.07) is 12.5. The zero-order chi connectivity index (χ0) is 24.6. The van der Waals surface area contributed by atoms with Crippen molar-refractivity contribution in [2.45, 2.75) is 39.2 Å². The number of nitrogens with one attached hydrogen (secondary N) is 2. The van der Waals surface area contributed by atoms with E-state index in [0.717, 1.165) is 0 Å². The van der Waals surface area contributed by atoms with E-state index in [1.165, 1.54) is 4.57 Å². The SMILES string of the molecule is C[C@H](N)c1nc2cccc(Cl)c2c(=O)n1-c1cccc(NC(=O)Nc2cc(C(C)(C)C)on2)c1. The minimum Gasteiger partial charge on any atom is -0.359 e. The molecule has 4 rings (SSSR count). The molecule has 0 aliphatic rings. The highest BCUT2D eigenvalue weighted by atomic mass is 35.5. The predicted molar refractivity (Wildman–Crippen MR) is 133 cm³/mol. The average molecular weight is 481 g/mol. The predicted octanol–water partition coefficient (Wildman–Crippen LogP) is 4.99. The van der Waals surface area contributed by atoms with E-state index in [1.807, 2.05) is 20.8 Å². The number of benzene rings is 2. The number of rotatable bonds is 4. The van der Waals surface area contributed by atoms with E-state index in [2.05, 4.69) is 20.8 Å². The van der Waals surface area contributed by atoms with Gasteiger partial charge in [0.25, 0.3) is 5.56 Å². The molecule has 2 heterocycles. The Hall–Kier alpha value is -3.69. The van der Waals surface area contributed by atoms with Crippen molar-refractivity contribution in [3.8, 4) is 5.69 Å². The quantitative estimate of drug-likeness (QED) is 0.377. The maximum absolute atomic E-state index is 13.4. The minimum absolute atomic E-state index is 0.236. The van der Waals surface area contributed by atoms with Crippen LogP contribution in [0.4, 0.5) is 16.3 Å². The second-order valence-electron chi connectivity index (χ2n) is 8.99. The van der Waals surface area contributed by atoms with Gasteiger partial charge in [0, 0.05) is 17.2 Å². The number of urea groups is 1. The van der Waals surface area contributed by atoms with Crippen LogP contribution in [0, 0.1) is 0 Å². The first-order chi connectivity index (χ1) is 16.0. The molecule has 2 amide bonds. The third kappa shape index (κ3) is 4.66. The van der Waals surface area contributed by atoms with E-state index in [0.29, 0.717) is 44.7 Å². The topological polar surface area (TPSA) is 128 Å². The third-order valence-electron chi connectivity index (χ3n) is 5.13. The number of aromatic nitrogens is 3. The lowest BCUT2D eigenvalue weighted by atomic mass is 9.93. The fraction of sp³-hybridized carbons (Fsp3) is 0.250. The van der Waals surface area contributed by atoms with Crippen LogP contribution in [0.2, 0.25) is 5.02 Å². The highest BCUT2D eigenvalue weighted by Gasteiger charge is 2.21. The van der Waals surface area contributed by atoms with Crippen LogP contribution < -0.4 is 21.9 Å². The Balaban J connectivity index is 1.66. The Kier molecular flexibility index (Phi) is 6.16. The summed E-state index contributed by atoms with van der Waals surface area (Å²) in [5, 5.41) is 9.86. The molecule has 4 aromatic rings. The molecule has 2 aromatic carbocycles. The molecule has 176 valence electrons. The molecule has 0 spiro atoms. The number of hydrogen-bond acceptors (Lipinski definition) is 6. The molecule has 4 N–H and O–H groups in total. The van der Waals surface area contributed by atoms with Gasteiger partial charge >= 0.3 is 6.03 Å². The van der Waals surface area contributed by atoms with Crippen molar-refractivity contribution in [1.82, 2.24) is 14.7 Å². The number of halogens is 1. The van der Waals surface area contributed by atoms with Gasteiger partial charge in [-0.3, -0.25) is 14.7 Å². The summed E-state index contributed by atoms with van der Waals surface area (Å²) in [4.78, 5) is 30.5. The summed E-state index contributed by atoms with van der Waals surface area (Å²) >= 11 is 6.30. The molecule has 0 fully saturated rings. The van der Waals surface area contributed by atoms with E-state index >= 15 is 0 Å². The molecule has 0 unspecified atom stereocenters. The maximum atomic E-state index is 13.4. The number of nitrogens with two attached hydrogens (primary N) is 1. The molecule has 0 aliphatic heterocycles. The maximum Gasteiger partial charge on any atom is 0.324 e. The summed E-state index contributed by atoms with van der Waals surface area (Å²) in [6.45, 7) is 7.69. The van der Waals surface area contributed by atoms with Gasteiger partial charge in [0.15, 0.2) is 5.82 Å². The highest BCUT2D eigenvalue weighted by Crippen LogP contribution is 2.25. The lowest BCUT2D eigenvalue weighted by molar-refractivity contribution is 0.262. The number of carbonyl (C=O) groups excluding carboxylic acids is 1. The van der Waals surface area contributed by atoms with Crippen LogP contribution in [0.25, 0.3) is 16.6 Å². The van der Waals surface area contributed by atoms with Crippen molar-refractivity contribution in [2.75, 3.05) is 10.6 Å².